The van der Waals surface area contributed by atoms with Crippen molar-refractivity contribution in [3.8, 4) is 11.5 Å². The Bertz CT molecular complexity index is 670. The first-order chi connectivity index (χ1) is 11.0. The molecule has 1 aromatic heterocycles. The highest BCUT2D eigenvalue weighted by Gasteiger charge is 2.15. The summed E-state index contributed by atoms with van der Waals surface area (Å²) >= 11 is 1.64. The largest absolute Gasteiger partial charge is 0.497 e. The van der Waals surface area contributed by atoms with Crippen LogP contribution < -0.4 is 20.1 Å². The first kappa shape index (κ1) is 17.1. The number of carbonyl (C=O) groups excluding carboxylic acids is 1. The number of ether oxygens (including phenoxy) is 2. The summed E-state index contributed by atoms with van der Waals surface area (Å²) in [5.41, 5.74) is 2.06. The van der Waals surface area contributed by atoms with Crippen LogP contribution in [0.4, 0.5) is 4.79 Å². The van der Waals surface area contributed by atoms with Crippen LogP contribution in [0.2, 0.25) is 0 Å². The molecule has 2 rings (SSSR count). The van der Waals surface area contributed by atoms with Gasteiger partial charge in [-0.1, -0.05) is 0 Å². The van der Waals surface area contributed by atoms with E-state index in [1.54, 1.807) is 25.6 Å². The van der Waals surface area contributed by atoms with Gasteiger partial charge in [-0.15, -0.1) is 11.3 Å². The molecule has 1 atom stereocenters. The summed E-state index contributed by atoms with van der Waals surface area (Å²) in [6.07, 6.45) is 0. The van der Waals surface area contributed by atoms with E-state index in [1.165, 1.54) is 5.56 Å². The number of rotatable bonds is 6. The minimum absolute atomic E-state index is 0.204. The Kier molecular flexibility index (Phi) is 5.87. The summed E-state index contributed by atoms with van der Waals surface area (Å²) in [4.78, 5) is 13.3. The number of hydrogen-bond donors (Lipinski definition) is 2. The third-order valence-corrected chi connectivity index (χ3v) is 4.65. The van der Waals surface area contributed by atoms with Crippen LogP contribution in [0.15, 0.2) is 29.6 Å². The van der Waals surface area contributed by atoms with Gasteiger partial charge in [-0.2, -0.15) is 0 Å². The summed E-state index contributed by atoms with van der Waals surface area (Å²) in [6, 6.07) is 7.16. The summed E-state index contributed by atoms with van der Waals surface area (Å²) < 4.78 is 10.6. The van der Waals surface area contributed by atoms with Crippen molar-refractivity contribution in [2.75, 3.05) is 14.2 Å². The van der Waals surface area contributed by atoms with Crippen molar-refractivity contribution in [3.05, 3.63) is 45.6 Å². The van der Waals surface area contributed by atoms with E-state index in [2.05, 4.69) is 10.6 Å². The van der Waals surface area contributed by atoms with Crippen molar-refractivity contribution in [2.24, 2.45) is 0 Å². The van der Waals surface area contributed by atoms with Crippen LogP contribution >= 0.6 is 11.3 Å². The number of benzene rings is 1. The smallest absolute Gasteiger partial charge is 0.315 e. The number of methoxy groups -OCH3 is 2. The summed E-state index contributed by atoms with van der Waals surface area (Å²) in [5.74, 6) is 1.44. The fraction of sp³-hybridized carbons (Fsp3) is 0.353. The second-order valence-electron chi connectivity index (χ2n) is 5.18. The minimum Gasteiger partial charge on any atom is -0.497 e. The van der Waals surface area contributed by atoms with Crippen molar-refractivity contribution in [2.45, 2.75) is 26.4 Å². The van der Waals surface area contributed by atoms with Gasteiger partial charge in [0.15, 0.2) is 0 Å². The van der Waals surface area contributed by atoms with Crippen LogP contribution in [0.3, 0.4) is 0 Å². The van der Waals surface area contributed by atoms with Crippen LogP contribution in [0.5, 0.6) is 11.5 Å². The molecule has 1 heterocycles. The molecular formula is C17H22N2O3S. The molecule has 5 nitrogen and oxygen atoms in total. The average molecular weight is 334 g/mol. The monoisotopic (exact) mass is 334 g/mol. The number of urea groups is 1. The molecule has 0 fully saturated rings. The maximum absolute atomic E-state index is 12.1. The molecule has 1 unspecified atom stereocenters. The average Bonchev–Trinajstić information content (AvgIpc) is 2.97. The second kappa shape index (κ2) is 7.87. The summed E-state index contributed by atoms with van der Waals surface area (Å²) in [7, 11) is 3.22. The highest BCUT2D eigenvalue weighted by molar-refractivity contribution is 7.10. The minimum atomic E-state index is -0.213. The molecule has 0 aliphatic carbocycles. The van der Waals surface area contributed by atoms with Gasteiger partial charge >= 0.3 is 6.03 Å². The van der Waals surface area contributed by atoms with E-state index in [9.17, 15) is 4.79 Å². The summed E-state index contributed by atoms with van der Waals surface area (Å²) in [5, 5.41) is 7.83. The normalized spacial score (nSPS) is 11.7. The van der Waals surface area contributed by atoms with Gasteiger partial charge in [-0.3, -0.25) is 0 Å². The molecule has 0 aliphatic heterocycles. The molecule has 0 spiro atoms. The first-order valence-electron chi connectivity index (χ1n) is 7.34. The van der Waals surface area contributed by atoms with Gasteiger partial charge in [0.05, 0.1) is 26.8 Å². The third-order valence-electron chi connectivity index (χ3n) is 3.63. The number of thiophene rings is 1. The van der Waals surface area contributed by atoms with Gasteiger partial charge in [-0.05, 0) is 49.1 Å². The van der Waals surface area contributed by atoms with E-state index in [4.69, 9.17) is 9.47 Å². The molecule has 2 aromatic rings. The molecule has 0 radical (unpaired) electrons. The van der Waals surface area contributed by atoms with Crippen molar-refractivity contribution < 1.29 is 14.3 Å². The van der Waals surface area contributed by atoms with Crippen molar-refractivity contribution >= 4 is 17.4 Å². The van der Waals surface area contributed by atoms with Crippen LogP contribution in [-0.2, 0) is 6.54 Å². The molecule has 23 heavy (non-hydrogen) atoms. The molecule has 0 saturated carbocycles. The van der Waals surface area contributed by atoms with E-state index in [-0.39, 0.29) is 12.1 Å². The van der Waals surface area contributed by atoms with Crippen molar-refractivity contribution in [1.82, 2.24) is 10.6 Å². The Morgan fingerprint density at radius 3 is 2.65 bits per heavy atom. The molecule has 0 bridgehead atoms. The standard InChI is InChI=1S/C17H22N2O3S/c1-11-7-8-23-16(11)10-18-17(20)19-12(2)14-9-13(21-3)5-6-15(14)22-4/h5-9,12H,10H2,1-4H3,(H2,18,19,20). The number of amides is 2. The second-order valence-corrected chi connectivity index (χ2v) is 6.18. The van der Waals surface area contributed by atoms with E-state index >= 15 is 0 Å². The fourth-order valence-electron chi connectivity index (χ4n) is 2.25. The highest BCUT2D eigenvalue weighted by Crippen LogP contribution is 2.29. The maximum atomic E-state index is 12.1. The highest BCUT2D eigenvalue weighted by atomic mass is 32.1. The van der Waals surface area contributed by atoms with E-state index in [1.807, 2.05) is 43.5 Å². The number of hydrogen-bond acceptors (Lipinski definition) is 4. The van der Waals surface area contributed by atoms with Crippen molar-refractivity contribution in [3.63, 3.8) is 0 Å². The Morgan fingerprint density at radius 2 is 2.04 bits per heavy atom. The number of aryl methyl sites for hydroxylation is 1. The Morgan fingerprint density at radius 1 is 1.26 bits per heavy atom. The Hall–Kier alpha value is -2.21. The summed E-state index contributed by atoms with van der Waals surface area (Å²) in [6.45, 7) is 4.47. The zero-order chi connectivity index (χ0) is 16.8. The van der Waals surface area contributed by atoms with Crippen LogP contribution in [0.25, 0.3) is 0 Å². The lowest BCUT2D eigenvalue weighted by atomic mass is 10.1. The fourth-order valence-corrected chi connectivity index (χ4v) is 3.09. The van der Waals surface area contributed by atoms with Gasteiger partial charge in [0.2, 0.25) is 0 Å². The van der Waals surface area contributed by atoms with Crippen LogP contribution in [0.1, 0.15) is 29.0 Å². The molecule has 1 aromatic carbocycles. The molecule has 2 N–H and O–H groups in total. The molecular weight excluding hydrogens is 312 g/mol. The van der Waals surface area contributed by atoms with E-state index in [0.29, 0.717) is 12.3 Å². The van der Waals surface area contributed by atoms with Gasteiger partial charge in [-0.25, -0.2) is 4.79 Å². The third kappa shape index (κ3) is 4.39. The van der Waals surface area contributed by atoms with Crippen LogP contribution in [-0.4, -0.2) is 20.3 Å². The van der Waals surface area contributed by atoms with Gasteiger partial charge in [0, 0.05) is 10.4 Å². The van der Waals surface area contributed by atoms with Crippen LogP contribution in [0, 0.1) is 6.92 Å². The number of nitrogens with one attached hydrogen (secondary N) is 2. The zero-order valence-electron chi connectivity index (χ0n) is 13.8. The Labute approximate surface area is 140 Å². The molecule has 0 saturated heterocycles. The molecule has 124 valence electrons. The molecule has 0 aliphatic rings. The lowest BCUT2D eigenvalue weighted by Crippen LogP contribution is -2.36. The molecule has 2 amide bonds. The SMILES string of the molecule is COc1ccc(OC)c(C(C)NC(=O)NCc2sccc2C)c1. The lowest BCUT2D eigenvalue weighted by Gasteiger charge is -2.18. The van der Waals surface area contributed by atoms with Crippen molar-refractivity contribution in [1.29, 1.82) is 0 Å². The predicted molar refractivity (Wildman–Crippen MR) is 92.4 cm³/mol. The first-order valence-corrected chi connectivity index (χ1v) is 8.22. The predicted octanol–water partition coefficient (Wildman–Crippen LogP) is 3.63. The lowest BCUT2D eigenvalue weighted by molar-refractivity contribution is 0.237. The van der Waals surface area contributed by atoms with Gasteiger partial charge in [0.25, 0.3) is 0 Å². The quantitative estimate of drug-likeness (QED) is 0.848. The Balaban J connectivity index is 1.99. The van der Waals surface area contributed by atoms with E-state index in [0.717, 1.165) is 16.2 Å². The molecule has 6 heteroatoms. The van der Waals surface area contributed by atoms with Gasteiger partial charge < -0.3 is 20.1 Å². The number of carbonyl (C=O) groups is 1. The van der Waals surface area contributed by atoms with E-state index < -0.39 is 0 Å². The topological polar surface area (TPSA) is 59.6 Å². The maximum Gasteiger partial charge on any atom is 0.315 e. The zero-order valence-corrected chi connectivity index (χ0v) is 14.6. The van der Waals surface area contributed by atoms with Gasteiger partial charge in [0.1, 0.15) is 11.5 Å².